The molecule has 1 aromatic carbocycles. The summed E-state index contributed by atoms with van der Waals surface area (Å²) in [5.41, 5.74) is 1.04. The van der Waals surface area contributed by atoms with Crippen molar-refractivity contribution in [3.05, 3.63) is 29.8 Å². The van der Waals surface area contributed by atoms with Crippen molar-refractivity contribution in [2.75, 3.05) is 46.0 Å². The molecule has 3 unspecified atom stereocenters. The number of fused-ring (bicyclic) bond motifs is 1. The zero-order chi connectivity index (χ0) is 15.8. The number of amides is 1. The molecule has 0 aromatic heterocycles. The van der Waals surface area contributed by atoms with Gasteiger partial charge in [0.05, 0.1) is 13.2 Å². The molecule has 3 aliphatic heterocycles. The Morgan fingerprint density at radius 2 is 1.96 bits per heavy atom. The molecule has 124 valence electrons. The van der Waals surface area contributed by atoms with Crippen LogP contribution in [0.5, 0.6) is 5.75 Å². The highest BCUT2D eigenvalue weighted by atomic mass is 16.5. The van der Waals surface area contributed by atoms with E-state index in [2.05, 4.69) is 11.8 Å². The van der Waals surface area contributed by atoms with Gasteiger partial charge in [-0.1, -0.05) is 25.1 Å². The van der Waals surface area contributed by atoms with Crippen LogP contribution in [0.15, 0.2) is 24.3 Å². The molecule has 4 rings (SSSR count). The number of nitrogens with zero attached hydrogens (tertiary/aromatic N) is 2. The first-order valence-electron chi connectivity index (χ1n) is 8.56. The quantitative estimate of drug-likeness (QED) is 0.826. The van der Waals surface area contributed by atoms with Crippen LogP contribution in [0.1, 0.15) is 18.4 Å². The van der Waals surface area contributed by atoms with Crippen molar-refractivity contribution < 1.29 is 14.3 Å². The first-order chi connectivity index (χ1) is 11.2. The molecular weight excluding hydrogens is 292 g/mol. The van der Waals surface area contributed by atoms with Crippen LogP contribution >= 0.6 is 0 Å². The Kier molecular flexibility index (Phi) is 3.99. The van der Waals surface area contributed by atoms with E-state index in [9.17, 15) is 4.79 Å². The predicted octanol–water partition coefficient (Wildman–Crippen LogP) is 1.34. The molecule has 0 N–H and O–H groups in total. The summed E-state index contributed by atoms with van der Waals surface area (Å²) in [7, 11) is 0. The highest BCUT2D eigenvalue weighted by Gasteiger charge is 2.40. The lowest BCUT2D eigenvalue weighted by Gasteiger charge is -2.34. The minimum Gasteiger partial charge on any atom is -0.492 e. The van der Waals surface area contributed by atoms with Crippen molar-refractivity contribution in [2.45, 2.75) is 18.9 Å². The number of benzene rings is 1. The molecule has 0 saturated carbocycles. The summed E-state index contributed by atoms with van der Waals surface area (Å²) < 4.78 is 11.1. The molecule has 0 spiro atoms. The lowest BCUT2D eigenvalue weighted by Crippen LogP contribution is -2.47. The average Bonchev–Trinajstić information content (AvgIpc) is 3.19. The lowest BCUT2D eigenvalue weighted by molar-refractivity contribution is -0.132. The van der Waals surface area contributed by atoms with Crippen LogP contribution < -0.4 is 4.74 Å². The second-order valence-electron chi connectivity index (χ2n) is 6.84. The Hall–Kier alpha value is -1.59. The van der Waals surface area contributed by atoms with Crippen LogP contribution in [0.4, 0.5) is 0 Å². The van der Waals surface area contributed by atoms with Crippen molar-refractivity contribution in [3.63, 3.8) is 0 Å². The molecule has 2 saturated heterocycles. The van der Waals surface area contributed by atoms with E-state index in [0.717, 1.165) is 50.7 Å². The summed E-state index contributed by atoms with van der Waals surface area (Å²) in [5.74, 6) is 1.46. The number of hydrogen-bond acceptors (Lipinski definition) is 4. The number of morpholine rings is 1. The first-order valence-corrected chi connectivity index (χ1v) is 8.56. The highest BCUT2D eigenvalue weighted by molar-refractivity contribution is 5.86. The summed E-state index contributed by atoms with van der Waals surface area (Å²) >= 11 is 0. The van der Waals surface area contributed by atoms with E-state index in [4.69, 9.17) is 9.47 Å². The fraction of sp³-hybridized carbons (Fsp3) is 0.611. The maximum atomic E-state index is 13.0. The van der Waals surface area contributed by atoms with Crippen LogP contribution in [-0.2, 0) is 9.53 Å². The fourth-order valence-electron chi connectivity index (χ4n) is 4.10. The summed E-state index contributed by atoms with van der Waals surface area (Å²) in [5, 5.41) is 0. The number of carbonyl (C=O) groups excluding carboxylic acids is 1. The SMILES string of the molecule is CC1CN(C(=O)C2COc3ccccc32)CC1N1CCOCC1. The minimum absolute atomic E-state index is 0.137. The van der Waals surface area contributed by atoms with E-state index in [1.54, 1.807) is 0 Å². The standard InChI is InChI=1S/C18H24N2O3/c1-13-10-20(11-16(13)19-6-8-22-9-7-19)18(21)15-12-23-17-5-3-2-4-14(15)17/h2-5,13,15-16H,6-12H2,1H3. The van der Waals surface area contributed by atoms with Crippen molar-refractivity contribution in [3.8, 4) is 5.75 Å². The number of para-hydroxylation sites is 1. The van der Waals surface area contributed by atoms with Gasteiger partial charge in [-0.25, -0.2) is 0 Å². The molecule has 0 radical (unpaired) electrons. The third-order valence-corrected chi connectivity index (χ3v) is 5.40. The second kappa shape index (κ2) is 6.13. The van der Waals surface area contributed by atoms with E-state index in [-0.39, 0.29) is 11.8 Å². The molecule has 5 heteroatoms. The molecule has 3 aliphatic rings. The van der Waals surface area contributed by atoms with Gasteiger partial charge in [0, 0.05) is 37.8 Å². The van der Waals surface area contributed by atoms with Gasteiger partial charge in [0.15, 0.2) is 0 Å². The topological polar surface area (TPSA) is 42.0 Å². The minimum atomic E-state index is -0.137. The van der Waals surface area contributed by atoms with Gasteiger partial charge in [0.2, 0.25) is 5.91 Å². The smallest absolute Gasteiger partial charge is 0.233 e. The number of ether oxygens (including phenoxy) is 2. The molecule has 23 heavy (non-hydrogen) atoms. The molecule has 2 fully saturated rings. The van der Waals surface area contributed by atoms with Crippen LogP contribution in [0, 0.1) is 5.92 Å². The summed E-state index contributed by atoms with van der Waals surface area (Å²) in [4.78, 5) is 17.5. The van der Waals surface area contributed by atoms with Gasteiger partial charge in [-0.05, 0) is 12.0 Å². The second-order valence-corrected chi connectivity index (χ2v) is 6.84. The highest BCUT2D eigenvalue weighted by Crippen LogP contribution is 2.36. The molecule has 5 nitrogen and oxygen atoms in total. The average molecular weight is 316 g/mol. The van der Waals surface area contributed by atoms with Crippen LogP contribution in [-0.4, -0.2) is 67.7 Å². The van der Waals surface area contributed by atoms with Crippen molar-refractivity contribution in [2.24, 2.45) is 5.92 Å². The summed E-state index contributed by atoms with van der Waals surface area (Å²) in [6, 6.07) is 8.37. The Morgan fingerprint density at radius 1 is 1.17 bits per heavy atom. The molecule has 1 aromatic rings. The fourth-order valence-corrected chi connectivity index (χ4v) is 4.10. The Morgan fingerprint density at radius 3 is 2.78 bits per heavy atom. The normalized spacial score (nSPS) is 31.0. The Bertz CT molecular complexity index is 585. The van der Waals surface area contributed by atoms with Crippen LogP contribution in [0.2, 0.25) is 0 Å². The molecule has 0 aliphatic carbocycles. The van der Waals surface area contributed by atoms with E-state index < -0.39 is 0 Å². The van der Waals surface area contributed by atoms with Gasteiger partial charge in [-0.15, -0.1) is 0 Å². The largest absolute Gasteiger partial charge is 0.492 e. The van der Waals surface area contributed by atoms with Crippen molar-refractivity contribution >= 4 is 5.91 Å². The van der Waals surface area contributed by atoms with Crippen LogP contribution in [0.25, 0.3) is 0 Å². The van der Waals surface area contributed by atoms with E-state index in [0.29, 0.717) is 18.6 Å². The van der Waals surface area contributed by atoms with Crippen LogP contribution in [0.3, 0.4) is 0 Å². The molecular formula is C18H24N2O3. The van der Waals surface area contributed by atoms with Crippen molar-refractivity contribution in [1.82, 2.24) is 9.80 Å². The van der Waals surface area contributed by atoms with E-state index in [1.807, 2.05) is 29.2 Å². The number of carbonyl (C=O) groups is 1. The van der Waals surface area contributed by atoms with Crippen molar-refractivity contribution in [1.29, 1.82) is 0 Å². The monoisotopic (exact) mass is 316 g/mol. The maximum Gasteiger partial charge on any atom is 0.233 e. The van der Waals surface area contributed by atoms with E-state index >= 15 is 0 Å². The first kappa shape index (κ1) is 15.0. The Balaban J connectivity index is 1.46. The zero-order valence-electron chi connectivity index (χ0n) is 13.6. The van der Waals surface area contributed by atoms with Gasteiger partial charge in [0.25, 0.3) is 0 Å². The Labute approximate surface area is 137 Å². The molecule has 1 amide bonds. The van der Waals surface area contributed by atoms with Gasteiger partial charge < -0.3 is 14.4 Å². The van der Waals surface area contributed by atoms with Gasteiger partial charge >= 0.3 is 0 Å². The third kappa shape index (κ3) is 2.72. The van der Waals surface area contributed by atoms with Gasteiger partial charge in [0.1, 0.15) is 18.3 Å². The predicted molar refractivity (Wildman–Crippen MR) is 86.6 cm³/mol. The molecule has 0 bridgehead atoms. The van der Waals surface area contributed by atoms with Gasteiger partial charge in [-0.2, -0.15) is 0 Å². The summed E-state index contributed by atoms with van der Waals surface area (Å²) in [6.45, 7) is 7.98. The number of rotatable bonds is 2. The summed E-state index contributed by atoms with van der Waals surface area (Å²) in [6.07, 6.45) is 0. The zero-order valence-corrected chi connectivity index (χ0v) is 13.6. The molecule has 3 atom stereocenters. The number of hydrogen-bond donors (Lipinski definition) is 0. The lowest BCUT2D eigenvalue weighted by atomic mass is 10.00. The molecule has 3 heterocycles. The third-order valence-electron chi connectivity index (χ3n) is 5.40. The number of likely N-dealkylation sites (tertiary alicyclic amines) is 1. The van der Waals surface area contributed by atoms with E-state index in [1.165, 1.54) is 0 Å². The maximum absolute atomic E-state index is 13.0. The van der Waals surface area contributed by atoms with Gasteiger partial charge in [-0.3, -0.25) is 9.69 Å².